The van der Waals surface area contributed by atoms with Gasteiger partial charge in [-0.3, -0.25) is 0 Å². The van der Waals surface area contributed by atoms with Crippen molar-refractivity contribution in [2.24, 2.45) is 7.05 Å². The van der Waals surface area contributed by atoms with Crippen LogP contribution in [0, 0.1) is 6.92 Å². The Labute approximate surface area is 107 Å². The zero-order valence-corrected chi connectivity index (χ0v) is 11.0. The van der Waals surface area contributed by atoms with Gasteiger partial charge in [-0.15, -0.1) is 0 Å². The first-order valence-corrected chi connectivity index (χ1v) is 5.91. The molecule has 1 aromatic heterocycles. The minimum Gasteiger partial charge on any atom is -0.303 e. The average molecular weight is 244 g/mol. The highest BCUT2D eigenvalue weighted by Crippen LogP contribution is 2.10. The molecule has 0 saturated heterocycles. The predicted molar refractivity (Wildman–Crippen MR) is 69.0 cm³/mol. The van der Waals surface area contributed by atoms with Crippen LogP contribution in [-0.4, -0.2) is 22.5 Å². The van der Waals surface area contributed by atoms with Gasteiger partial charge in [-0.2, -0.15) is 4.57 Å². The van der Waals surface area contributed by atoms with Gasteiger partial charge in [0.15, 0.2) is 0 Å². The SMILES string of the molecule is Cc1ccccc1CN(C)C(=O)n1cc[n+](C)c1. The van der Waals surface area contributed by atoms with Crippen LogP contribution >= 0.6 is 0 Å². The number of aryl methyl sites for hydroxylation is 2. The summed E-state index contributed by atoms with van der Waals surface area (Å²) >= 11 is 0. The summed E-state index contributed by atoms with van der Waals surface area (Å²) in [5, 5.41) is 0. The first-order chi connectivity index (χ1) is 8.58. The van der Waals surface area contributed by atoms with E-state index in [4.69, 9.17) is 0 Å². The van der Waals surface area contributed by atoms with E-state index in [-0.39, 0.29) is 6.03 Å². The molecule has 0 N–H and O–H groups in total. The normalized spacial score (nSPS) is 10.4. The van der Waals surface area contributed by atoms with E-state index in [0.29, 0.717) is 6.54 Å². The third-order valence-electron chi connectivity index (χ3n) is 2.99. The Morgan fingerprint density at radius 2 is 2.11 bits per heavy atom. The second-order valence-electron chi connectivity index (χ2n) is 4.55. The van der Waals surface area contributed by atoms with Crippen LogP contribution in [0.5, 0.6) is 0 Å². The van der Waals surface area contributed by atoms with E-state index in [2.05, 4.69) is 19.1 Å². The topological polar surface area (TPSA) is 29.1 Å². The molecule has 94 valence electrons. The summed E-state index contributed by atoms with van der Waals surface area (Å²) in [7, 11) is 3.71. The lowest BCUT2D eigenvalue weighted by atomic mass is 10.1. The molecule has 0 saturated carbocycles. The van der Waals surface area contributed by atoms with Crippen LogP contribution in [0.4, 0.5) is 4.79 Å². The van der Waals surface area contributed by atoms with Gasteiger partial charge in [0.1, 0.15) is 12.4 Å². The summed E-state index contributed by atoms with van der Waals surface area (Å²) in [5.74, 6) is 0. The number of rotatable bonds is 2. The molecule has 18 heavy (non-hydrogen) atoms. The van der Waals surface area contributed by atoms with Crippen molar-refractivity contribution in [3.05, 3.63) is 54.1 Å². The van der Waals surface area contributed by atoms with Crippen molar-refractivity contribution in [2.75, 3.05) is 7.05 Å². The molecule has 0 aliphatic carbocycles. The fourth-order valence-electron chi connectivity index (χ4n) is 1.87. The second-order valence-corrected chi connectivity index (χ2v) is 4.55. The maximum Gasteiger partial charge on any atom is 0.415 e. The maximum absolute atomic E-state index is 12.1. The molecule has 2 aromatic rings. The van der Waals surface area contributed by atoms with Crippen LogP contribution in [0.2, 0.25) is 0 Å². The third kappa shape index (κ3) is 2.59. The van der Waals surface area contributed by atoms with Crippen LogP contribution < -0.4 is 4.57 Å². The fraction of sp³-hybridized carbons (Fsp3) is 0.286. The predicted octanol–water partition coefficient (Wildman–Crippen LogP) is 1.72. The number of carbonyl (C=O) groups is 1. The average Bonchev–Trinajstić information content (AvgIpc) is 2.78. The van der Waals surface area contributed by atoms with Gasteiger partial charge in [0.25, 0.3) is 6.33 Å². The van der Waals surface area contributed by atoms with E-state index in [1.54, 1.807) is 22.0 Å². The van der Waals surface area contributed by atoms with E-state index >= 15 is 0 Å². The van der Waals surface area contributed by atoms with E-state index in [1.165, 1.54) is 11.1 Å². The van der Waals surface area contributed by atoms with Crippen LogP contribution in [0.25, 0.3) is 0 Å². The molecule has 0 bridgehead atoms. The van der Waals surface area contributed by atoms with Crippen molar-refractivity contribution in [1.29, 1.82) is 0 Å². The Bertz CT molecular complexity index is 560. The highest BCUT2D eigenvalue weighted by Gasteiger charge is 2.17. The summed E-state index contributed by atoms with van der Waals surface area (Å²) in [5.41, 5.74) is 2.38. The van der Waals surface area contributed by atoms with Gasteiger partial charge < -0.3 is 4.90 Å². The number of benzene rings is 1. The summed E-state index contributed by atoms with van der Waals surface area (Å²) in [6.07, 6.45) is 5.37. The Hall–Kier alpha value is -2.10. The monoisotopic (exact) mass is 244 g/mol. The van der Waals surface area contributed by atoms with Gasteiger partial charge in [0, 0.05) is 13.6 Å². The Morgan fingerprint density at radius 1 is 1.39 bits per heavy atom. The molecular weight excluding hydrogens is 226 g/mol. The number of hydrogen-bond acceptors (Lipinski definition) is 1. The lowest BCUT2D eigenvalue weighted by molar-refractivity contribution is -0.670. The van der Waals surface area contributed by atoms with Crippen LogP contribution in [0.15, 0.2) is 43.0 Å². The molecule has 0 aliphatic heterocycles. The number of imidazole rings is 1. The Kier molecular flexibility index (Phi) is 3.46. The number of amides is 1. The first kappa shape index (κ1) is 12.4. The summed E-state index contributed by atoms with van der Waals surface area (Å²) in [6, 6.07) is 8.08. The molecule has 0 unspecified atom stereocenters. The molecule has 4 heteroatoms. The van der Waals surface area contributed by atoms with Gasteiger partial charge in [0.2, 0.25) is 0 Å². The first-order valence-electron chi connectivity index (χ1n) is 5.91. The van der Waals surface area contributed by atoms with Gasteiger partial charge in [-0.1, -0.05) is 24.3 Å². The molecule has 0 radical (unpaired) electrons. The molecule has 0 spiro atoms. The largest absolute Gasteiger partial charge is 0.415 e. The summed E-state index contributed by atoms with van der Waals surface area (Å²) in [4.78, 5) is 13.9. The summed E-state index contributed by atoms with van der Waals surface area (Å²) in [6.45, 7) is 2.68. The number of hydrogen-bond donors (Lipinski definition) is 0. The fourth-order valence-corrected chi connectivity index (χ4v) is 1.87. The minimum atomic E-state index is -0.0288. The molecule has 0 atom stereocenters. The Balaban J connectivity index is 2.11. The van der Waals surface area contributed by atoms with Gasteiger partial charge in [-0.05, 0) is 18.1 Å². The van der Waals surface area contributed by atoms with E-state index in [1.807, 2.05) is 37.0 Å². The lowest BCUT2D eigenvalue weighted by Gasteiger charge is -2.15. The van der Waals surface area contributed by atoms with Crippen LogP contribution in [0.3, 0.4) is 0 Å². The second kappa shape index (κ2) is 5.04. The van der Waals surface area contributed by atoms with Crippen molar-refractivity contribution in [3.8, 4) is 0 Å². The molecule has 1 heterocycles. The summed E-state index contributed by atoms with van der Waals surface area (Å²) < 4.78 is 3.43. The van der Waals surface area contributed by atoms with Crippen molar-refractivity contribution >= 4 is 6.03 Å². The maximum atomic E-state index is 12.1. The van der Waals surface area contributed by atoms with Crippen LogP contribution in [-0.2, 0) is 13.6 Å². The van der Waals surface area contributed by atoms with Gasteiger partial charge in [-0.25, -0.2) is 9.36 Å². The lowest BCUT2D eigenvalue weighted by Crippen LogP contribution is -2.32. The van der Waals surface area contributed by atoms with Crippen molar-refractivity contribution in [3.63, 3.8) is 0 Å². The highest BCUT2D eigenvalue weighted by atomic mass is 16.2. The molecule has 4 nitrogen and oxygen atoms in total. The molecule has 2 rings (SSSR count). The standard InChI is InChI=1S/C14H18N3O/c1-12-6-4-5-7-13(12)10-16(3)14(18)17-9-8-15(2)11-17/h4-9,11H,10H2,1-3H3/q+1. The van der Waals surface area contributed by atoms with E-state index < -0.39 is 0 Å². The third-order valence-corrected chi connectivity index (χ3v) is 2.99. The number of carbonyl (C=O) groups excluding carboxylic acids is 1. The number of nitrogens with zero attached hydrogens (tertiary/aromatic N) is 3. The van der Waals surface area contributed by atoms with E-state index in [0.717, 1.165) is 0 Å². The van der Waals surface area contributed by atoms with Crippen molar-refractivity contribution in [2.45, 2.75) is 13.5 Å². The Morgan fingerprint density at radius 3 is 2.72 bits per heavy atom. The molecule has 0 fully saturated rings. The minimum absolute atomic E-state index is 0.0288. The zero-order chi connectivity index (χ0) is 13.1. The van der Waals surface area contributed by atoms with Crippen molar-refractivity contribution < 1.29 is 9.36 Å². The molecule has 1 amide bonds. The smallest absolute Gasteiger partial charge is 0.303 e. The van der Waals surface area contributed by atoms with Crippen molar-refractivity contribution in [1.82, 2.24) is 9.47 Å². The van der Waals surface area contributed by atoms with Gasteiger partial charge in [0.05, 0.1) is 7.05 Å². The zero-order valence-electron chi connectivity index (χ0n) is 11.0. The van der Waals surface area contributed by atoms with E-state index in [9.17, 15) is 4.79 Å². The van der Waals surface area contributed by atoms with Gasteiger partial charge >= 0.3 is 6.03 Å². The molecular formula is C14H18N3O+. The highest BCUT2D eigenvalue weighted by molar-refractivity contribution is 5.76. The molecule has 0 aliphatic rings. The molecule has 1 aromatic carbocycles. The van der Waals surface area contributed by atoms with Crippen LogP contribution in [0.1, 0.15) is 11.1 Å². The quantitative estimate of drug-likeness (QED) is 0.740. The number of aromatic nitrogens is 2.